The average molecular weight is 397 g/mol. The summed E-state index contributed by atoms with van der Waals surface area (Å²) >= 11 is 0. The van der Waals surface area contributed by atoms with Gasteiger partial charge in [0.25, 0.3) is 5.91 Å². The van der Waals surface area contributed by atoms with E-state index < -0.39 is 0 Å². The molecule has 4 aromatic rings. The first-order valence-electron chi connectivity index (χ1n) is 10.2. The first-order valence-corrected chi connectivity index (χ1v) is 10.2. The lowest BCUT2D eigenvalue weighted by Crippen LogP contribution is -2.37. The summed E-state index contributed by atoms with van der Waals surface area (Å²) in [5.41, 5.74) is 4.57. The third kappa shape index (κ3) is 3.52. The Kier molecular flexibility index (Phi) is 4.67. The highest BCUT2D eigenvalue weighted by molar-refractivity contribution is 6.06. The van der Waals surface area contributed by atoms with Crippen LogP contribution in [0.15, 0.2) is 67.1 Å². The van der Waals surface area contributed by atoms with Crippen molar-refractivity contribution in [2.75, 3.05) is 23.3 Å². The van der Waals surface area contributed by atoms with E-state index >= 15 is 0 Å². The van der Waals surface area contributed by atoms with Gasteiger partial charge >= 0.3 is 0 Å². The Morgan fingerprint density at radius 3 is 2.73 bits per heavy atom. The fourth-order valence-corrected chi connectivity index (χ4v) is 3.84. The summed E-state index contributed by atoms with van der Waals surface area (Å²) < 4.78 is 2.02. The molecule has 30 heavy (non-hydrogen) atoms. The van der Waals surface area contributed by atoms with E-state index in [0.717, 1.165) is 35.4 Å². The van der Waals surface area contributed by atoms with Crippen molar-refractivity contribution in [1.82, 2.24) is 14.5 Å². The first kappa shape index (κ1) is 18.4. The van der Waals surface area contributed by atoms with Gasteiger partial charge in [-0.2, -0.15) is 0 Å². The Morgan fingerprint density at radius 1 is 1.10 bits per heavy atom. The quantitative estimate of drug-likeness (QED) is 0.547. The van der Waals surface area contributed by atoms with Crippen molar-refractivity contribution >= 4 is 28.3 Å². The van der Waals surface area contributed by atoms with Crippen molar-refractivity contribution in [3.8, 4) is 0 Å². The second-order valence-corrected chi connectivity index (χ2v) is 7.74. The number of benzene rings is 1. The van der Waals surface area contributed by atoms with Crippen LogP contribution < -0.4 is 10.2 Å². The minimum Gasteiger partial charge on any atom is -0.356 e. The molecule has 6 nitrogen and oxygen atoms in total. The van der Waals surface area contributed by atoms with Crippen LogP contribution in [0.4, 0.5) is 11.5 Å². The Morgan fingerprint density at radius 2 is 2.00 bits per heavy atom. The van der Waals surface area contributed by atoms with E-state index in [4.69, 9.17) is 0 Å². The Bertz CT molecular complexity index is 1210. The number of carbonyl (C=O) groups excluding carboxylic acids is 1. The lowest BCUT2D eigenvalue weighted by atomic mass is 10.1. The lowest BCUT2D eigenvalue weighted by molar-refractivity contribution is 0.101. The summed E-state index contributed by atoms with van der Waals surface area (Å²) in [6.07, 6.45) is 6.49. The molecule has 1 saturated heterocycles. The number of fused-ring (bicyclic) bond motifs is 1. The average Bonchev–Trinajstić information content (AvgIpc) is 3.07. The molecule has 3 aromatic heterocycles. The number of hydrogen-bond donors (Lipinski definition) is 1. The molecule has 0 atom stereocenters. The monoisotopic (exact) mass is 397 g/mol. The molecule has 6 heteroatoms. The van der Waals surface area contributed by atoms with E-state index in [0.29, 0.717) is 17.9 Å². The molecule has 0 bridgehead atoms. The topological polar surface area (TPSA) is 63.1 Å². The smallest absolute Gasteiger partial charge is 0.272 e. The normalized spacial score (nSPS) is 13.3. The van der Waals surface area contributed by atoms with Gasteiger partial charge in [-0.15, -0.1) is 0 Å². The number of nitrogens with zero attached hydrogens (tertiary/aromatic N) is 4. The van der Waals surface area contributed by atoms with Crippen LogP contribution in [0.2, 0.25) is 0 Å². The van der Waals surface area contributed by atoms with Crippen molar-refractivity contribution in [1.29, 1.82) is 0 Å². The van der Waals surface area contributed by atoms with Crippen LogP contribution in [-0.2, 0) is 6.54 Å². The highest BCUT2D eigenvalue weighted by atomic mass is 16.1. The molecule has 1 N–H and O–H groups in total. The predicted octanol–water partition coefficient (Wildman–Crippen LogP) is 4.25. The standard InChI is InChI=1S/C24H23N5O/c1-17-4-2-5-18(12-17)16-29-21(13-19-8-9-25-15-22(19)29)24(30)27-20-6-7-23(26-14-20)28-10-3-11-28/h2,4-9,12-15H,3,10-11,16H2,1H3,(H,27,30). The predicted molar refractivity (Wildman–Crippen MR) is 119 cm³/mol. The molecule has 0 aliphatic carbocycles. The zero-order chi connectivity index (χ0) is 20.5. The number of hydrogen-bond acceptors (Lipinski definition) is 4. The van der Waals surface area contributed by atoms with Gasteiger partial charge in [0.05, 0.1) is 23.6 Å². The SMILES string of the molecule is Cc1cccc(Cn2c(C(=O)Nc3ccc(N4CCC4)nc3)cc3ccncc32)c1. The van der Waals surface area contributed by atoms with E-state index in [1.54, 1.807) is 12.4 Å². The molecular formula is C24H23N5O. The van der Waals surface area contributed by atoms with Gasteiger partial charge in [0, 0.05) is 31.2 Å². The number of rotatable bonds is 5. The van der Waals surface area contributed by atoms with Crippen LogP contribution in [0.1, 0.15) is 28.0 Å². The van der Waals surface area contributed by atoms with Crippen molar-refractivity contribution in [2.24, 2.45) is 0 Å². The summed E-state index contributed by atoms with van der Waals surface area (Å²) in [5, 5.41) is 3.99. The molecule has 1 aromatic carbocycles. The maximum atomic E-state index is 13.2. The van der Waals surface area contributed by atoms with Gasteiger partial charge in [-0.05, 0) is 43.2 Å². The van der Waals surface area contributed by atoms with E-state index in [-0.39, 0.29) is 5.91 Å². The largest absolute Gasteiger partial charge is 0.356 e. The number of anilines is 2. The zero-order valence-corrected chi connectivity index (χ0v) is 16.9. The summed E-state index contributed by atoms with van der Waals surface area (Å²) in [7, 11) is 0. The van der Waals surface area contributed by atoms with Crippen molar-refractivity contribution in [3.63, 3.8) is 0 Å². The van der Waals surface area contributed by atoms with E-state index in [1.165, 1.54) is 12.0 Å². The fraction of sp³-hybridized carbons (Fsp3) is 0.208. The summed E-state index contributed by atoms with van der Waals surface area (Å²) in [6, 6.07) is 16.1. The van der Waals surface area contributed by atoms with E-state index in [2.05, 4.69) is 45.3 Å². The summed E-state index contributed by atoms with van der Waals surface area (Å²) in [5.74, 6) is 0.802. The Hall–Kier alpha value is -3.67. The number of nitrogens with one attached hydrogen (secondary N) is 1. The van der Waals surface area contributed by atoms with E-state index in [9.17, 15) is 4.79 Å². The number of pyridine rings is 2. The second kappa shape index (κ2) is 7.63. The number of aryl methyl sites for hydroxylation is 1. The molecule has 5 rings (SSSR count). The van der Waals surface area contributed by atoms with Crippen molar-refractivity contribution in [3.05, 3.63) is 83.9 Å². The molecule has 1 amide bonds. The molecule has 4 heterocycles. The highest BCUT2D eigenvalue weighted by Gasteiger charge is 2.18. The molecule has 1 aliphatic heterocycles. The first-order chi connectivity index (χ1) is 14.7. The second-order valence-electron chi connectivity index (χ2n) is 7.74. The van der Waals surface area contributed by atoms with Crippen LogP contribution in [0.5, 0.6) is 0 Å². The molecule has 1 aliphatic rings. The van der Waals surface area contributed by atoms with Gasteiger partial charge in [0.2, 0.25) is 0 Å². The van der Waals surface area contributed by atoms with Gasteiger partial charge < -0.3 is 14.8 Å². The third-order valence-electron chi connectivity index (χ3n) is 5.55. The summed E-state index contributed by atoms with van der Waals surface area (Å²) in [6.45, 7) is 4.77. The van der Waals surface area contributed by atoms with Gasteiger partial charge in [0.1, 0.15) is 11.5 Å². The van der Waals surface area contributed by atoms with E-state index in [1.807, 2.05) is 41.1 Å². The van der Waals surface area contributed by atoms with Crippen molar-refractivity contribution in [2.45, 2.75) is 19.9 Å². The van der Waals surface area contributed by atoms with Crippen LogP contribution in [-0.4, -0.2) is 33.5 Å². The maximum Gasteiger partial charge on any atom is 0.272 e. The van der Waals surface area contributed by atoms with Crippen LogP contribution >= 0.6 is 0 Å². The zero-order valence-electron chi connectivity index (χ0n) is 16.9. The van der Waals surface area contributed by atoms with Gasteiger partial charge in [-0.1, -0.05) is 29.8 Å². The van der Waals surface area contributed by atoms with Gasteiger partial charge in [-0.25, -0.2) is 4.98 Å². The number of carbonyl (C=O) groups is 1. The van der Waals surface area contributed by atoms with Crippen LogP contribution in [0, 0.1) is 6.92 Å². The summed E-state index contributed by atoms with van der Waals surface area (Å²) in [4.78, 5) is 24.1. The van der Waals surface area contributed by atoms with Crippen LogP contribution in [0.3, 0.4) is 0 Å². The van der Waals surface area contributed by atoms with Crippen molar-refractivity contribution < 1.29 is 4.79 Å². The highest BCUT2D eigenvalue weighted by Crippen LogP contribution is 2.23. The van der Waals surface area contributed by atoms with Gasteiger partial charge in [0.15, 0.2) is 0 Å². The molecule has 1 fully saturated rings. The van der Waals surface area contributed by atoms with Gasteiger partial charge in [-0.3, -0.25) is 9.78 Å². The molecule has 0 saturated carbocycles. The van der Waals surface area contributed by atoms with Crippen LogP contribution in [0.25, 0.3) is 10.9 Å². The third-order valence-corrected chi connectivity index (χ3v) is 5.55. The minimum absolute atomic E-state index is 0.155. The fourth-order valence-electron chi connectivity index (χ4n) is 3.84. The Labute approximate surface area is 175 Å². The molecule has 0 spiro atoms. The molecular weight excluding hydrogens is 374 g/mol. The maximum absolute atomic E-state index is 13.2. The Balaban J connectivity index is 1.44. The minimum atomic E-state index is -0.155. The molecule has 0 unspecified atom stereocenters. The molecule has 0 radical (unpaired) electrons. The molecule has 150 valence electrons. The lowest BCUT2D eigenvalue weighted by Gasteiger charge is -2.31. The number of amides is 1. The number of aromatic nitrogens is 3.